The zero-order valence-electron chi connectivity index (χ0n) is 12.2. The molecule has 1 aromatic carbocycles. The summed E-state index contributed by atoms with van der Waals surface area (Å²) in [6, 6.07) is 7.32. The molecule has 0 radical (unpaired) electrons. The van der Waals surface area contributed by atoms with Crippen molar-refractivity contribution in [3.05, 3.63) is 28.8 Å². The van der Waals surface area contributed by atoms with E-state index in [0.717, 1.165) is 24.6 Å². The van der Waals surface area contributed by atoms with E-state index in [1.54, 1.807) is 0 Å². The van der Waals surface area contributed by atoms with Crippen molar-refractivity contribution < 1.29 is 4.74 Å². The van der Waals surface area contributed by atoms with Gasteiger partial charge in [-0.3, -0.25) is 0 Å². The Labute approximate surface area is 126 Å². The van der Waals surface area contributed by atoms with Gasteiger partial charge in [0.25, 0.3) is 0 Å². The second kappa shape index (κ2) is 5.92. The van der Waals surface area contributed by atoms with E-state index in [2.05, 4.69) is 30.3 Å². The number of nitrogens with one attached hydrogen (secondary N) is 1. The minimum absolute atomic E-state index is 0.281. The monoisotopic (exact) mass is 294 g/mol. The third-order valence-electron chi connectivity index (χ3n) is 4.45. The highest BCUT2D eigenvalue weighted by Gasteiger charge is 2.29. The average molecular weight is 295 g/mol. The molecule has 3 rings (SSSR count). The summed E-state index contributed by atoms with van der Waals surface area (Å²) >= 11 is 6.42. The first-order chi connectivity index (χ1) is 9.66. The summed E-state index contributed by atoms with van der Waals surface area (Å²) in [4.78, 5) is 2.34. The van der Waals surface area contributed by atoms with E-state index in [0.29, 0.717) is 12.1 Å². The molecule has 0 bridgehead atoms. The van der Waals surface area contributed by atoms with Crippen molar-refractivity contribution in [1.82, 2.24) is 5.32 Å². The first-order valence-corrected chi connectivity index (χ1v) is 7.90. The first kappa shape index (κ1) is 14.2. The number of hydrogen-bond donors (Lipinski definition) is 1. The SMILES string of the molecule is CC1OCCC1N(C)c1cccc(Cl)c1CNC1CC1. The molecule has 4 heteroatoms. The van der Waals surface area contributed by atoms with Crippen LogP contribution in [0.15, 0.2) is 18.2 Å². The van der Waals surface area contributed by atoms with Gasteiger partial charge in [-0.15, -0.1) is 0 Å². The van der Waals surface area contributed by atoms with Gasteiger partial charge in [-0.1, -0.05) is 17.7 Å². The van der Waals surface area contributed by atoms with Gasteiger partial charge in [0.15, 0.2) is 0 Å². The van der Waals surface area contributed by atoms with Crippen LogP contribution < -0.4 is 10.2 Å². The van der Waals surface area contributed by atoms with Crippen molar-refractivity contribution in [3.8, 4) is 0 Å². The summed E-state index contributed by atoms with van der Waals surface area (Å²) in [6.07, 6.45) is 3.95. The second-order valence-corrected chi connectivity index (χ2v) is 6.34. The van der Waals surface area contributed by atoms with Gasteiger partial charge in [-0.05, 0) is 38.3 Å². The zero-order chi connectivity index (χ0) is 14.1. The van der Waals surface area contributed by atoms with Gasteiger partial charge < -0.3 is 15.0 Å². The Bertz CT molecular complexity index is 476. The average Bonchev–Trinajstić information content (AvgIpc) is 3.17. The maximum absolute atomic E-state index is 6.42. The smallest absolute Gasteiger partial charge is 0.0750 e. The van der Waals surface area contributed by atoms with Crippen molar-refractivity contribution >= 4 is 17.3 Å². The Morgan fingerprint density at radius 3 is 2.80 bits per heavy atom. The molecule has 20 heavy (non-hydrogen) atoms. The quantitative estimate of drug-likeness (QED) is 0.902. The molecular formula is C16H23ClN2O. The Kier molecular flexibility index (Phi) is 4.20. The number of ether oxygens (including phenoxy) is 1. The fourth-order valence-electron chi connectivity index (χ4n) is 2.99. The zero-order valence-corrected chi connectivity index (χ0v) is 13.0. The van der Waals surface area contributed by atoms with Crippen LogP contribution in [0.1, 0.15) is 31.7 Å². The summed E-state index contributed by atoms with van der Waals surface area (Å²) in [5.74, 6) is 0. The summed E-state index contributed by atoms with van der Waals surface area (Å²) in [5.41, 5.74) is 2.44. The van der Waals surface area contributed by atoms with Crippen molar-refractivity contribution in [2.75, 3.05) is 18.6 Å². The van der Waals surface area contributed by atoms with Gasteiger partial charge in [0, 0.05) is 42.5 Å². The number of benzene rings is 1. The van der Waals surface area contributed by atoms with E-state index >= 15 is 0 Å². The lowest BCUT2D eigenvalue weighted by Crippen LogP contribution is -2.37. The molecule has 2 unspecified atom stereocenters. The fraction of sp³-hybridized carbons (Fsp3) is 0.625. The molecule has 1 N–H and O–H groups in total. The Morgan fingerprint density at radius 2 is 2.15 bits per heavy atom. The Balaban J connectivity index is 1.81. The summed E-state index contributed by atoms with van der Waals surface area (Å²) in [6.45, 7) is 3.86. The highest BCUT2D eigenvalue weighted by molar-refractivity contribution is 6.31. The van der Waals surface area contributed by atoms with E-state index in [4.69, 9.17) is 16.3 Å². The van der Waals surface area contributed by atoms with E-state index in [1.165, 1.54) is 24.1 Å². The van der Waals surface area contributed by atoms with Crippen molar-refractivity contribution in [3.63, 3.8) is 0 Å². The van der Waals surface area contributed by atoms with Gasteiger partial charge in [-0.2, -0.15) is 0 Å². The highest BCUT2D eigenvalue weighted by atomic mass is 35.5. The van der Waals surface area contributed by atoms with Crippen LogP contribution in [0.3, 0.4) is 0 Å². The van der Waals surface area contributed by atoms with Gasteiger partial charge in [-0.25, -0.2) is 0 Å². The first-order valence-electron chi connectivity index (χ1n) is 7.52. The van der Waals surface area contributed by atoms with Crippen LogP contribution in [-0.2, 0) is 11.3 Å². The molecule has 1 aliphatic carbocycles. The molecule has 2 aliphatic rings. The van der Waals surface area contributed by atoms with Crippen LogP contribution >= 0.6 is 11.6 Å². The Morgan fingerprint density at radius 1 is 1.35 bits per heavy atom. The number of nitrogens with zero attached hydrogens (tertiary/aromatic N) is 1. The van der Waals surface area contributed by atoms with Gasteiger partial charge in [0.1, 0.15) is 0 Å². The second-order valence-electron chi connectivity index (χ2n) is 5.94. The molecule has 1 heterocycles. The van der Waals surface area contributed by atoms with E-state index in [9.17, 15) is 0 Å². The molecule has 3 nitrogen and oxygen atoms in total. The predicted octanol–water partition coefficient (Wildman–Crippen LogP) is 3.21. The van der Waals surface area contributed by atoms with Crippen molar-refractivity contribution in [1.29, 1.82) is 0 Å². The minimum atomic E-state index is 0.281. The van der Waals surface area contributed by atoms with E-state index < -0.39 is 0 Å². The Hall–Kier alpha value is -0.770. The molecule has 1 saturated carbocycles. The molecule has 110 valence electrons. The molecule has 0 amide bonds. The molecule has 0 aromatic heterocycles. The lowest BCUT2D eigenvalue weighted by atomic mass is 10.1. The van der Waals surface area contributed by atoms with Crippen LogP contribution in [0.2, 0.25) is 5.02 Å². The van der Waals surface area contributed by atoms with Crippen LogP contribution in [0.4, 0.5) is 5.69 Å². The molecule has 1 saturated heterocycles. The number of rotatable bonds is 5. The molecule has 2 fully saturated rings. The lowest BCUT2D eigenvalue weighted by molar-refractivity contribution is 0.118. The third-order valence-corrected chi connectivity index (χ3v) is 4.81. The highest BCUT2D eigenvalue weighted by Crippen LogP contribution is 2.32. The number of anilines is 1. The van der Waals surface area contributed by atoms with E-state index in [-0.39, 0.29) is 6.10 Å². The largest absolute Gasteiger partial charge is 0.376 e. The topological polar surface area (TPSA) is 24.5 Å². The summed E-state index contributed by atoms with van der Waals surface area (Å²) < 4.78 is 5.70. The molecule has 2 atom stereocenters. The normalized spacial score (nSPS) is 25.9. The predicted molar refractivity (Wildman–Crippen MR) is 83.5 cm³/mol. The van der Waals surface area contributed by atoms with E-state index in [1.807, 2.05) is 12.1 Å². The number of likely N-dealkylation sites (N-methyl/N-ethyl adjacent to an activating group) is 1. The third kappa shape index (κ3) is 2.95. The minimum Gasteiger partial charge on any atom is -0.376 e. The van der Waals surface area contributed by atoms with Gasteiger partial charge >= 0.3 is 0 Å². The van der Waals surface area contributed by atoms with Crippen LogP contribution in [0.5, 0.6) is 0 Å². The molecule has 1 aromatic rings. The number of hydrogen-bond acceptors (Lipinski definition) is 3. The lowest BCUT2D eigenvalue weighted by Gasteiger charge is -2.31. The molecular weight excluding hydrogens is 272 g/mol. The van der Waals surface area contributed by atoms with Crippen LogP contribution in [0, 0.1) is 0 Å². The molecule has 0 spiro atoms. The molecule has 1 aliphatic heterocycles. The summed E-state index contributed by atoms with van der Waals surface area (Å²) in [7, 11) is 2.15. The standard InChI is InChI=1S/C16H23ClN2O/c1-11-15(8-9-20-11)19(2)16-5-3-4-14(17)13(16)10-18-12-6-7-12/h3-5,11-12,15,18H,6-10H2,1-2H3. The fourth-order valence-corrected chi connectivity index (χ4v) is 3.23. The number of halogens is 1. The maximum atomic E-state index is 6.42. The van der Waals surface area contributed by atoms with Crippen LogP contribution in [0.25, 0.3) is 0 Å². The maximum Gasteiger partial charge on any atom is 0.0750 e. The van der Waals surface area contributed by atoms with Gasteiger partial charge in [0.2, 0.25) is 0 Å². The van der Waals surface area contributed by atoms with Crippen molar-refractivity contribution in [2.24, 2.45) is 0 Å². The van der Waals surface area contributed by atoms with Crippen molar-refractivity contribution in [2.45, 2.75) is 50.9 Å². The van der Waals surface area contributed by atoms with Gasteiger partial charge in [0.05, 0.1) is 12.1 Å². The summed E-state index contributed by atoms with van der Waals surface area (Å²) in [5, 5.41) is 4.42. The van der Waals surface area contributed by atoms with Crippen LogP contribution in [-0.4, -0.2) is 31.8 Å².